The highest BCUT2D eigenvalue weighted by molar-refractivity contribution is 5.33. The van der Waals surface area contributed by atoms with Crippen molar-refractivity contribution in [2.45, 2.75) is 19.4 Å². The van der Waals surface area contributed by atoms with Crippen molar-refractivity contribution >= 4 is 0 Å². The Morgan fingerprint density at radius 2 is 2.00 bits per heavy atom. The normalized spacial score (nSPS) is 15.7. The lowest BCUT2D eigenvalue weighted by Crippen LogP contribution is -2.30. The summed E-state index contributed by atoms with van der Waals surface area (Å²) in [6.07, 6.45) is 1.72. The Morgan fingerprint density at radius 3 is 2.47 bits per heavy atom. The van der Waals surface area contributed by atoms with Crippen molar-refractivity contribution < 1.29 is 5.11 Å². The standard InChI is InChI=1S/C14H16O/c1-4-11-14(15,12(3)5-2)13-9-7-6-8-10-13/h5-10,12,15H,2H2,1,3H3. The number of benzene rings is 1. The maximum absolute atomic E-state index is 10.5. The van der Waals surface area contributed by atoms with Crippen LogP contribution >= 0.6 is 0 Å². The summed E-state index contributed by atoms with van der Waals surface area (Å²) >= 11 is 0. The molecule has 1 N–H and O–H groups in total. The molecule has 0 aromatic heterocycles. The predicted molar refractivity (Wildman–Crippen MR) is 63.1 cm³/mol. The van der Waals surface area contributed by atoms with E-state index in [0.717, 1.165) is 5.56 Å². The highest BCUT2D eigenvalue weighted by atomic mass is 16.3. The van der Waals surface area contributed by atoms with Crippen molar-refractivity contribution in [2.75, 3.05) is 0 Å². The van der Waals surface area contributed by atoms with Gasteiger partial charge in [-0.25, -0.2) is 0 Å². The lowest BCUT2D eigenvalue weighted by Gasteiger charge is -2.27. The number of rotatable bonds is 3. The van der Waals surface area contributed by atoms with Crippen molar-refractivity contribution in [3.63, 3.8) is 0 Å². The van der Waals surface area contributed by atoms with Gasteiger partial charge in [-0.2, -0.15) is 0 Å². The van der Waals surface area contributed by atoms with Crippen LogP contribution in [-0.2, 0) is 5.60 Å². The molecule has 0 amide bonds. The lowest BCUT2D eigenvalue weighted by molar-refractivity contribution is 0.0624. The highest BCUT2D eigenvalue weighted by Gasteiger charge is 2.31. The summed E-state index contributed by atoms with van der Waals surface area (Å²) in [4.78, 5) is 0. The summed E-state index contributed by atoms with van der Waals surface area (Å²) in [6, 6.07) is 9.47. The minimum Gasteiger partial charge on any atom is -0.373 e. The van der Waals surface area contributed by atoms with Crippen molar-refractivity contribution in [3.05, 3.63) is 48.6 Å². The first-order valence-corrected chi connectivity index (χ1v) is 4.99. The Balaban J connectivity index is 3.22. The van der Waals surface area contributed by atoms with Gasteiger partial charge in [-0.3, -0.25) is 0 Å². The second kappa shape index (κ2) is 4.82. The Bertz CT molecular complexity index is 383. The Morgan fingerprint density at radius 1 is 1.40 bits per heavy atom. The first-order chi connectivity index (χ1) is 7.15. The van der Waals surface area contributed by atoms with Crippen molar-refractivity contribution in [1.29, 1.82) is 0 Å². The molecule has 0 radical (unpaired) electrons. The summed E-state index contributed by atoms with van der Waals surface area (Å²) < 4.78 is 0. The van der Waals surface area contributed by atoms with Gasteiger partial charge in [0.2, 0.25) is 0 Å². The zero-order valence-corrected chi connectivity index (χ0v) is 9.20. The predicted octanol–water partition coefficient (Wildman–Crippen LogP) is 2.72. The molecule has 78 valence electrons. The van der Waals surface area contributed by atoms with Crippen LogP contribution in [-0.4, -0.2) is 5.11 Å². The van der Waals surface area contributed by atoms with Crippen LogP contribution in [0.4, 0.5) is 0 Å². The first-order valence-electron chi connectivity index (χ1n) is 4.99. The summed E-state index contributed by atoms with van der Waals surface area (Å²) in [7, 11) is 0. The van der Waals surface area contributed by atoms with Crippen LogP contribution < -0.4 is 0 Å². The quantitative estimate of drug-likeness (QED) is 0.587. The molecule has 2 atom stereocenters. The van der Waals surface area contributed by atoms with E-state index in [4.69, 9.17) is 0 Å². The SMILES string of the molecule is C=CC(C)C(O)(C#CC)c1ccccc1. The largest absolute Gasteiger partial charge is 0.373 e. The Labute approximate surface area is 91.5 Å². The van der Waals surface area contributed by atoms with Gasteiger partial charge in [0.05, 0.1) is 0 Å². The van der Waals surface area contributed by atoms with Gasteiger partial charge in [0.1, 0.15) is 0 Å². The van der Waals surface area contributed by atoms with Crippen LogP contribution in [0.3, 0.4) is 0 Å². The second-order valence-corrected chi connectivity index (χ2v) is 3.53. The zero-order valence-electron chi connectivity index (χ0n) is 9.20. The van der Waals surface area contributed by atoms with Gasteiger partial charge in [0, 0.05) is 5.92 Å². The first kappa shape index (κ1) is 11.6. The molecule has 0 aliphatic rings. The third-order valence-electron chi connectivity index (χ3n) is 2.54. The Kier molecular flexibility index (Phi) is 3.71. The molecule has 1 nitrogen and oxygen atoms in total. The molecule has 1 rings (SSSR count). The maximum Gasteiger partial charge on any atom is 0.156 e. The summed E-state index contributed by atoms with van der Waals surface area (Å²) in [5.74, 6) is 5.53. The molecule has 15 heavy (non-hydrogen) atoms. The molecule has 0 saturated heterocycles. The van der Waals surface area contributed by atoms with Gasteiger partial charge in [-0.05, 0) is 12.5 Å². The van der Waals surface area contributed by atoms with E-state index in [-0.39, 0.29) is 5.92 Å². The van der Waals surface area contributed by atoms with Crippen molar-refractivity contribution in [3.8, 4) is 11.8 Å². The van der Waals surface area contributed by atoms with Crippen LogP contribution in [0, 0.1) is 17.8 Å². The monoisotopic (exact) mass is 200 g/mol. The molecule has 0 saturated carbocycles. The van der Waals surface area contributed by atoms with Crippen LogP contribution in [0.2, 0.25) is 0 Å². The van der Waals surface area contributed by atoms with Gasteiger partial charge in [0.25, 0.3) is 0 Å². The average Bonchev–Trinajstić information content (AvgIpc) is 2.29. The molecule has 0 spiro atoms. The van der Waals surface area contributed by atoms with Crippen LogP contribution in [0.15, 0.2) is 43.0 Å². The van der Waals surface area contributed by atoms with E-state index in [1.54, 1.807) is 13.0 Å². The van der Waals surface area contributed by atoms with Gasteiger partial charge >= 0.3 is 0 Å². The van der Waals surface area contributed by atoms with Crippen molar-refractivity contribution in [2.24, 2.45) is 5.92 Å². The third kappa shape index (κ3) is 2.29. The lowest BCUT2D eigenvalue weighted by atomic mass is 9.83. The molecular weight excluding hydrogens is 184 g/mol. The smallest absolute Gasteiger partial charge is 0.156 e. The van der Waals surface area contributed by atoms with Crippen LogP contribution in [0.1, 0.15) is 19.4 Å². The molecule has 0 fully saturated rings. The van der Waals surface area contributed by atoms with Gasteiger partial charge in [-0.1, -0.05) is 49.3 Å². The molecule has 1 aromatic rings. The van der Waals surface area contributed by atoms with E-state index in [1.165, 1.54) is 0 Å². The fourth-order valence-corrected chi connectivity index (χ4v) is 1.50. The van der Waals surface area contributed by atoms with E-state index in [0.29, 0.717) is 0 Å². The Hall–Kier alpha value is -1.52. The average molecular weight is 200 g/mol. The fourth-order valence-electron chi connectivity index (χ4n) is 1.50. The molecule has 0 aliphatic carbocycles. The van der Waals surface area contributed by atoms with Crippen LogP contribution in [0.25, 0.3) is 0 Å². The fraction of sp³-hybridized carbons (Fsp3) is 0.286. The van der Waals surface area contributed by atoms with Crippen LogP contribution in [0.5, 0.6) is 0 Å². The van der Waals surface area contributed by atoms with Gasteiger partial charge in [0.15, 0.2) is 5.60 Å². The van der Waals surface area contributed by atoms with Gasteiger partial charge in [-0.15, -0.1) is 12.5 Å². The topological polar surface area (TPSA) is 20.2 Å². The number of hydrogen-bond donors (Lipinski definition) is 1. The minimum atomic E-state index is -1.13. The third-order valence-corrected chi connectivity index (χ3v) is 2.54. The van der Waals surface area contributed by atoms with E-state index in [1.807, 2.05) is 37.3 Å². The van der Waals surface area contributed by atoms with E-state index < -0.39 is 5.60 Å². The van der Waals surface area contributed by atoms with E-state index >= 15 is 0 Å². The van der Waals surface area contributed by atoms with Gasteiger partial charge < -0.3 is 5.11 Å². The van der Waals surface area contributed by atoms with Crippen molar-refractivity contribution in [1.82, 2.24) is 0 Å². The molecule has 0 bridgehead atoms. The highest BCUT2D eigenvalue weighted by Crippen LogP contribution is 2.29. The molecule has 0 heterocycles. The molecule has 1 heteroatoms. The number of hydrogen-bond acceptors (Lipinski definition) is 1. The number of aliphatic hydroxyl groups is 1. The molecule has 1 aromatic carbocycles. The molecule has 0 aliphatic heterocycles. The minimum absolute atomic E-state index is 0.104. The second-order valence-electron chi connectivity index (χ2n) is 3.53. The summed E-state index contributed by atoms with van der Waals surface area (Å²) in [6.45, 7) is 7.34. The molecular formula is C14H16O. The maximum atomic E-state index is 10.5. The van der Waals surface area contributed by atoms with E-state index in [2.05, 4.69) is 18.4 Å². The summed E-state index contributed by atoms with van der Waals surface area (Å²) in [5.41, 5.74) is -0.315. The molecule has 2 unspecified atom stereocenters. The summed E-state index contributed by atoms with van der Waals surface area (Å²) in [5, 5.41) is 10.5. The zero-order chi connectivity index (χ0) is 11.3. The van der Waals surface area contributed by atoms with E-state index in [9.17, 15) is 5.11 Å².